The van der Waals surface area contributed by atoms with E-state index in [0.717, 1.165) is 0 Å². The Morgan fingerprint density at radius 2 is 2.00 bits per heavy atom. The Morgan fingerprint density at radius 1 is 1.35 bits per heavy atom. The van der Waals surface area contributed by atoms with Gasteiger partial charge in [-0.15, -0.1) is 0 Å². The third kappa shape index (κ3) is 4.90. The van der Waals surface area contributed by atoms with E-state index in [1.165, 1.54) is 0 Å². The molecule has 8 heteroatoms. The number of urea groups is 1. The van der Waals surface area contributed by atoms with Gasteiger partial charge in [0.25, 0.3) is 0 Å². The molecule has 0 aliphatic heterocycles. The average molecular weight is 296 g/mol. The Morgan fingerprint density at radius 3 is 2.50 bits per heavy atom. The summed E-state index contributed by atoms with van der Waals surface area (Å²) in [5.41, 5.74) is 0. The molecular weight excluding hydrogens is 277 g/mol. The third-order valence-corrected chi connectivity index (χ3v) is 3.29. The van der Waals surface area contributed by atoms with E-state index in [0.29, 0.717) is 30.6 Å². The van der Waals surface area contributed by atoms with Gasteiger partial charge < -0.3 is 15.3 Å². The summed E-state index contributed by atoms with van der Waals surface area (Å²) in [6.45, 7) is 0.333. The highest BCUT2D eigenvalue weighted by Crippen LogP contribution is 2.26. The predicted molar refractivity (Wildman–Crippen MR) is 65.2 cm³/mol. The molecule has 1 aliphatic carbocycles. The first-order valence-corrected chi connectivity index (χ1v) is 6.59. The van der Waals surface area contributed by atoms with Gasteiger partial charge in [0.05, 0.1) is 5.92 Å². The minimum Gasteiger partial charge on any atom is -0.481 e. The fraction of sp³-hybridized carbons (Fsp3) is 0.833. The zero-order chi connectivity index (χ0) is 15.3. The van der Waals surface area contributed by atoms with Gasteiger partial charge in [-0.25, -0.2) is 4.79 Å². The van der Waals surface area contributed by atoms with Crippen LogP contribution in [0.3, 0.4) is 0 Å². The first kappa shape index (κ1) is 16.6. The minimum atomic E-state index is -4.46. The van der Waals surface area contributed by atoms with Crippen molar-refractivity contribution in [2.75, 3.05) is 13.1 Å². The van der Waals surface area contributed by atoms with E-state index in [1.807, 2.05) is 0 Å². The van der Waals surface area contributed by atoms with E-state index in [1.54, 1.807) is 6.92 Å². The third-order valence-electron chi connectivity index (χ3n) is 3.29. The maximum atomic E-state index is 12.4. The van der Waals surface area contributed by atoms with Gasteiger partial charge >= 0.3 is 18.2 Å². The molecule has 2 amide bonds. The quantitative estimate of drug-likeness (QED) is 0.817. The number of carboxylic acids is 1. The summed E-state index contributed by atoms with van der Waals surface area (Å²) in [5, 5.41) is 11.4. The fourth-order valence-electron chi connectivity index (χ4n) is 2.42. The van der Waals surface area contributed by atoms with Crippen LogP contribution >= 0.6 is 0 Å². The van der Waals surface area contributed by atoms with Crippen LogP contribution in [0.5, 0.6) is 0 Å². The van der Waals surface area contributed by atoms with Crippen LogP contribution in [0.4, 0.5) is 18.0 Å². The van der Waals surface area contributed by atoms with Crippen LogP contribution in [-0.2, 0) is 4.79 Å². The summed E-state index contributed by atoms with van der Waals surface area (Å²) >= 11 is 0. The van der Waals surface area contributed by atoms with Crippen molar-refractivity contribution in [3.63, 3.8) is 0 Å². The molecule has 2 N–H and O–H groups in total. The predicted octanol–water partition coefficient (Wildman–Crippen LogP) is 2.22. The van der Waals surface area contributed by atoms with Crippen molar-refractivity contribution in [2.24, 2.45) is 5.92 Å². The lowest BCUT2D eigenvalue weighted by Gasteiger charge is -2.26. The van der Waals surface area contributed by atoms with E-state index >= 15 is 0 Å². The number of nitrogens with one attached hydrogen (secondary N) is 1. The van der Waals surface area contributed by atoms with E-state index in [4.69, 9.17) is 5.11 Å². The summed E-state index contributed by atoms with van der Waals surface area (Å²) in [5.74, 6) is -1.74. The Labute approximate surface area is 115 Å². The number of rotatable bonds is 5. The van der Waals surface area contributed by atoms with E-state index in [9.17, 15) is 22.8 Å². The molecule has 116 valence electrons. The second kappa shape index (κ2) is 6.81. The molecule has 5 nitrogen and oxygen atoms in total. The van der Waals surface area contributed by atoms with Crippen LogP contribution in [0.2, 0.25) is 0 Å². The summed E-state index contributed by atoms with van der Waals surface area (Å²) in [4.78, 5) is 23.5. The van der Waals surface area contributed by atoms with Gasteiger partial charge in [0, 0.05) is 12.6 Å². The minimum absolute atomic E-state index is 0.0181. The van der Waals surface area contributed by atoms with Crippen LogP contribution in [0.1, 0.15) is 32.6 Å². The number of carbonyl (C=O) groups is 2. The number of hydrogen-bond donors (Lipinski definition) is 2. The summed E-state index contributed by atoms with van der Waals surface area (Å²) in [6.07, 6.45) is -2.50. The highest BCUT2D eigenvalue weighted by Gasteiger charge is 2.37. The maximum Gasteiger partial charge on any atom is 0.406 e. The Kier molecular flexibility index (Phi) is 5.64. The normalized spacial score (nSPS) is 22.6. The highest BCUT2D eigenvalue weighted by atomic mass is 19.4. The Balaban J connectivity index is 2.63. The molecule has 0 aromatic carbocycles. The SMILES string of the molecule is CCCN(CC(F)(F)F)C(=O)NC1CCCC1C(=O)O. The largest absolute Gasteiger partial charge is 0.481 e. The Hall–Kier alpha value is -1.47. The molecule has 2 atom stereocenters. The molecule has 1 rings (SSSR count). The molecule has 1 fully saturated rings. The second-order valence-corrected chi connectivity index (χ2v) is 4.97. The van der Waals surface area contributed by atoms with E-state index < -0.39 is 36.7 Å². The molecule has 1 saturated carbocycles. The molecule has 0 aromatic rings. The lowest BCUT2D eigenvalue weighted by atomic mass is 10.0. The molecule has 0 radical (unpaired) electrons. The first-order chi connectivity index (χ1) is 9.24. The monoisotopic (exact) mass is 296 g/mol. The number of aliphatic carboxylic acids is 1. The number of halogens is 3. The summed E-state index contributed by atoms with van der Waals surface area (Å²) in [6, 6.07) is -1.44. The van der Waals surface area contributed by atoms with Crippen molar-refractivity contribution >= 4 is 12.0 Å². The van der Waals surface area contributed by atoms with Crippen molar-refractivity contribution in [3.05, 3.63) is 0 Å². The Bertz CT molecular complexity index is 360. The van der Waals surface area contributed by atoms with Gasteiger partial charge in [-0.1, -0.05) is 13.3 Å². The second-order valence-electron chi connectivity index (χ2n) is 4.97. The maximum absolute atomic E-state index is 12.4. The summed E-state index contributed by atoms with van der Waals surface area (Å²) < 4.78 is 37.2. The van der Waals surface area contributed by atoms with Gasteiger partial charge in [-0.3, -0.25) is 4.79 Å². The number of hydrogen-bond acceptors (Lipinski definition) is 2. The number of carbonyl (C=O) groups excluding carboxylic acids is 1. The molecule has 20 heavy (non-hydrogen) atoms. The lowest BCUT2D eigenvalue weighted by molar-refractivity contribution is -0.143. The first-order valence-electron chi connectivity index (χ1n) is 6.59. The van der Waals surface area contributed by atoms with Crippen molar-refractivity contribution < 1.29 is 27.9 Å². The number of amides is 2. The number of alkyl halides is 3. The van der Waals surface area contributed by atoms with E-state index in [2.05, 4.69) is 5.32 Å². The molecule has 0 aromatic heterocycles. The van der Waals surface area contributed by atoms with Gasteiger partial charge in [0.2, 0.25) is 0 Å². The summed E-state index contributed by atoms with van der Waals surface area (Å²) in [7, 11) is 0. The van der Waals surface area contributed by atoms with Crippen LogP contribution in [0, 0.1) is 5.92 Å². The molecule has 0 bridgehead atoms. The van der Waals surface area contributed by atoms with Crippen LogP contribution in [0.25, 0.3) is 0 Å². The van der Waals surface area contributed by atoms with E-state index in [-0.39, 0.29) is 6.54 Å². The van der Waals surface area contributed by atoms with Gasteiger partial charge in [-0.2, -0.15) is 13.2 Å². The fourth-order valence-corrected chi connectivity index (χ4v) is 2.42. The number of carboxylic acid groups (broad SMARTS) is 1. The zero-order valence-corrected chi connectivity index (χ0v) is 11.2. The molecule has 0 heterocycles. The molecule has 0 spiro atoms. The van der Waals surface area contributed by atoms with Crippen molar-refractivity contribution in [1.29, 1.82) is 0 Å². The average Bonchev–Trinajstić information content (AvgIpc) is 2.74. The van der Waals surface area contributed by atoms with Gasteiger partial charge in [0.1, 0.15) is 6.54 Å². The standard InChI is InChI=1S/C12H19F3N2O3/c1-2-6-17(7-12(13,14)15)11(20)16-9-5-3-4-8(9)10(18)19/h8-9H,2-7H2,1H3,(H,16,20)(H,18,19). The van der Waals surface area contributed by atoms with Gasteiger partial charge in [0.15, 0.2) is 0 Å². The van der Waals surface area contributed by atoms with Crippen molar-refractivity contribution in [2.45, 2.75) is 44.8 Å². The number of nitrogens with zero attached hydrogens (tertiary/aromatic N) is 1. The van der Waals surface area contributed by atoms with Crippen molar-refractivity contribution in [3.8, 4) is 0 Å². The highest BCUT2D eigenvalue weighted by molar-refractivity contribution is 5.77. The topological polar surface area (TPSA) is 69.6 Å². The van der Waals surface area contributed by atoms with Crippen LogP contribution < -0.4 is 5.32 Å². The van der Waals surface area contributed by atoms with Gasteiger partial charge in [-0.05, 0) is 19.3 Å². The van der Waals surface area contributed by atoms with Crippen molar-refractivity contribution in [1.82, 2.24) is 10.2 Å². The molecule has 1 aliphatic rings. The molecule has 0 saturated heterocycles. The molecule has 2 unspecified atom stereocenters. The van der Waals surface area contributed by atoms with Crippen LogP contribution in [-0.4, -0.2) is 47.3 Å². The smallest absolute Gasteiger partial charge is 0.406 e. The molecular formula is C12H19F3N2O3. The van der Waals surface area contributed by atoms with Crippen LogP contribution in [0.15, 0.2) is 0 Å². The zero-order valence-electron chi connectivity index (χ0n) is 11.2. The lowest BCUT2D eigenvalue weighted by Crippen LogP contribution is -2.50.